The first kappa shape index (κ1) is 12.4. The van der Waals surface area contributed by atoms with Gasteiger partial charge in [-0.25, -0.2) is 0 Å². The van der Waals surface area contributed by atoms with E-state index in [9.17, 15) is 0 Å². The largest absolute Gasteiger partial charge is 0.373 e. The molecule has 1 aromatic rings. The molecule has 0 amide bonds. The number of hydrogen-bond acceptors (Lipinski definition) is 2. The summed E-state index contributed by atoms with van der Waals surface area (Å²) in [5.41, 5.74) is 2.66. The standard InChI is InChI=1S/C15H24N2/c1-12-6-4-8-14(10-12)17(3)11-15-13(2)7-5-9-16-15/h4,6,8,10,13,15-16H,5,7,9,11H2,1-3H3. The Morgan fingerprint density at radius 2 is 2.24 bits per heavy atom. The molecule has 0 spiro atoms. The van der Waals surface area contributed by atoms with Crippen LogP contribution in [0.5, 0.6) is 0 Å². The Hall–Kier alpha value is -1.02. The van der Waals surface area contributed by atoms with Gasteiger partial charge in [0, 0.05) is 25.3 Å². The van der Waals surface area contributed by atoms with Crippen molar-refractivity contribution < 1.29 is 0 Å². The number of aryl methyl sites for hydroxylation is 1. The molecule has 94 valence electrons. The molecular formula is C15H24N2. The Balaban J connectivity index is 1.98. The Morgan fingerprint density at radius 3 is 2.94 bits per heavy atom. The van der Waals surface area contributed by atoms with Gasteiger partial charge in [0.05, 0.1) is 0 Å². The van der Waals surface area contributed by atoms with Crippen molar-refractivity contribution in [3.05, 3.63) is 29.8 Å². The van der Waals surface area contributed by atoms with Crippen LogP contribution in [0.1, 0.15) is 25.3 Å². The first-order valence-electron chi connectivity index (χ1n) is 6.68. The van der Waals surface area contributed by atoms with Crippen molar-refractivity contribution in [3.8, 4) is 0 Å². The Bertz CT molecular complexity index is 362. The second-order valence-electron chi connectivity index (χ2n) is 5.40. The summed E-state index contributed by atoms with van der Waals surface area (Å²) in [5, 5.41) is 3.64. The first-order valence-corrected chi connectivity index (χ1v) is 6.68. The number of hydrogen-bond donors (Lipinski definition) is 1. The van der Waals surface area contributed by atoms with E-state index in [-0.39, 0.29) is 0 Å². The van der Waals surface area contributed by atoms with Crippen molar-refractivity contribution >= 4 is 5.69 Å². The molecular weight excluding hydrogens is 208 g/mol. The zero-order valence-corrected chi connectivity index (χ0v) is 11.2. The molecule has 2 heteroatoms. The van der Waals surface area contributed by atoms with Crippen LogP contribution < -0.4 is 10.2 Å². The SMILES string of the molecule is Cc1cccc(N(C)CC2NCCCC2C)c1. The van der Waals surface area contributed by atoms with Crippen LogP contribution in [0, 0.1) is 12.8 Å². The number of benzene rings is 1. The van der Waals surface area contributed by atoms with Crippen LogP contribution in [-0.4, -0.2) is 26.2 Å². The fraction of sp³-hybridized carbons (Fsp3) is 0.600. The molecule has 0 aromatic heterocycles. The maximum Gasteiger partial charge on any atom is 0.0366 e. The summed E-state index contributed by atoms with van der Waals surface area (Å²) in [5.74, 6) is 0.788. The van der Waals surface area contributed by atoms with Gasteiger partial charge in [-0.05, 0) is 49.9 Å². The lowest BCUT2D eigenvalue weighted by molar-refractivity contribution is 0.303. The van der Waals surface area contributed by atoms with Crippen LogP contribution in [0.2, 0.25) is 0 Å². The second-order valence-corrected chi connectivity index (χ2v) is 5.40. The van der Waals surface area contributed by atoms with E-state index < -0.39 is 0 Å². The fourth-order valence-electron chi connectivity index (χ4n) is 2.62. The smallest absolute Gasteiger partial charge is 0.0366 e. The third-order valence-electron chi connectivity index (χ3n) is 3.84. The number of piperidine rings is 1. The zero-order chi connectivity index (χ0) is 12.3. The minimum absolute atomic E-state index is 0.634. The van der Waals surface area contributed by atoms with E-state index in [1.165, 1.54) is 30.6 Å². The molecule has 0 radical (unpaired) electrons. The number of rotatable bonds is 3. The average Bonchev–Trinajstić information content (AvgIpc) is 2.32. The van der Waals surface area contributed by atoms with Gasteiger partial charge in [-0.1, -0.05) is 19.1 Å². The fourth-order valence-corrected chi connectivity index (χ4v) is 2.62. The van der Waals surface area contributed by atoms with Gasteiger partial charge in [-0.3, -0.25) is 0 Å². The minimum atomic E-state index is 0.634. The van der Waals surface area contributed by atoms with Gasteiger partial charge < -0.3 is 10.2 Å². The summed E-state index contributed by atoms with van der Waals surface area (Å²) in [6.45, 7) is 6.79. The number of likely N-dealkylation sites (N-methyl/N-ethyl adjacent to an activating group) is 1. The van der Waals surface area contributed by atoms with Gasteiger partial charge in [0.15, 0.2) is 0 Å². The van der Waals surface area contributed by atoms with Gasteiger partial charge in [0.1, 0.15) is 0 Å². The van der Waals surface area contributed by atoms with Crippen molar-refractivity contribution in [2.45, 2.75) is 32.7 Å². The molecule has 17 heavy (non-hydrogen) atoms. The molecule has 1 aromatic carbocycles. The van der Waals surface area contributed by atoms with Crippen LogP contribution in [-0.2, 0) is 0 Å². The van der Waals surface area contributed by atoms with E-state index in [2.05, 4.69) is 55.4 Å². The van der Waals surface area contributed by atoms with Gasteiger partial charge in [-0.2, -0.15) is 0 Å². The van der Waals surface area contributed by atoms with Crippen LogP contribution in [0.4, 0.5) is 5.69 Å². The van der Waals surface area contributed by atoms with Gasteiger partial charge >= 0.3 is 0 Å². The Kier molecular flexibility index (Phi) is 4.06. The third kappa shape index (κ3) is 3.22. The first-order chi connectivity index (χ1) is 8.16. The molecule has 1 N–H and O–H groups in total. The van der Waals surface area contributed by atoms with Crippen LogP contribution >= 0.6 is 0 Å². The molecule has 0 saturated carbocycles. The highest BCUT2D eigenvalue weighted by atomic mass is 15.1. The van der Waals surface area contributed by atoms with E-state index in [1.54, 1.807) is 0 Å². The Labute approximate surface area is 105 Å². The van der Waals surface area contributed by atoms with Gasteiger partial charge in [-0.15, -0.1) is 0 Å². The molecule has 1 aliphatic heterocycles. The van der Waals surface area contributed by atoms with E-state index in [1.807, 2.05) is 0 Å². The summed E-state index contributed by atoms with van der Waals surface area (Å²) in [6, 6.07) is 9.38. The van der Waals surface area contributed by atoms with Crippen molar-refractivity contribution in [1.82, 2.24) is 5.32 Å². The van der Waals surface area contributed by atoms with Crippen LogP contribution in [0.15, 0.2) is 24.3 Å². The number of anilines is 1. The third-order valence-corrected chi connectivity index (χ3v) is 3.84. The average molecular weight is 232 g/mol. The maximum atomic E-state index is 3.64. The van der Waals surface area contributed by atoms with E-state index in [0.29, 0.717) is 6.04 Å². The normalized spacial score (nSPS) is 24.6. The summed E-state index contributed by atoms with van der Waals surface area (Å²) >= 11 is 0. The monoisotopic (exact) mass is 232 g/mol. The lowest BCUT2D eigenvalue weighted by Crippen LogP contribution is -2.47. The summed E-state index contributed by atoms with van der Waals surface area (Å²) < 4.78 is 0. The minimum Gasteiger partial charge on any atom is -0.373 e. The van der Waals surface area contributed by atoms with Gasteiger partial charge in [0.2, 0.25) is 0 Å². The highest BCUT2D eigenvalue weighted by Gasteiger charge is 2.21. The lowest BCUT2D eigenvalue weighted by atomic mass is 9.92. The van der Waals surface area contributed by atoms with E-state index in [0.717, 1.165) is 12.5 Å². The van der Waals surface area contributed by atoms with Crippen molar-refractivity contribution in [2.75, 3.05) is 25.0 Å². The summed E-state index contributed by atoms with van der Waals surface area (Å²) in [7, 11) is 2.19. The van der Waals surface area contributed by atoms with Crippen molar-refractivity contribution in [2.24, 2.45) is 5.92 Å². The molecule has 0 aliphatic carbocycles. The maximum absolute atomic E-state index is 3.64. The molecule has 1 fully saturated rings. The summed E-state index contributed by atoms with van der Waals surface area (Å²) in [6.07, 6.45) is 2.69. The second kappa shape index (κ2) is 5.54. The molecule has 1 heterocycles. The molecule has 1 aliphatic rings. The zero-order valence-electron chi connectivity index (χ0n) is 11.2. The Morgan fingerprint density at radius 1 is 1.41 bits per heavy atom. The van der Waals surface area contributed by atoms with E-state index >= 15 is 0 Å². The highest BCUT2D eigenvalue weighted by Crippen LogP contribution is 2.19. The van der Waals surface area contributed by atoms with Gasteiger partial charge in [0.25, 0.3) is 0 Å². The van der Waals surface area contributed by atoms with E-state index in [4.69, 9.17) is 0 Å². The number of nitrogens with one attached hydrogen (secondary N) is 1. The van der Waals surface area contributed by atoms with Crippen molar-refractivity contribution in [3.63, 3.8) is 0 Å². The number of nitrogens with zero attached hydrogens (tertiary/aromatic N) is 1. The molecule has 2 rings (SSSR count). The predicted octanol–water partition coefficient (Wildman–Crippen LogP) is 2.82. The van der Waals surface area contributed by atoms with Crippen LogP contribution in [0.3, 0.4) is 0 Å². The lowest BCUT2D eigenvalue weighted by Gasteiger charge is -2.34. The molecule has 1 saturated heterocycles. The predicted molar refractivity (Wildman–Crippen MR) is 74.6 cm³/mol. The quantitative estimate of drug-likeness (QED) is 0.862. The highest BCUT2D eigenvalue weighted by molar-refractivity contribution is 5.47. The van der Waals surface area contributed by atoms with Crippen LogP contribution in [0.25, 0.3) is 0 Å². The molecule has 2 unspecified atom stereocenters. The molecule has 2 nitrogen and oxygen atoms in total. The summed E-state index contributed by atoms with van der Waals surface area (Å²) in [4.78, 5) is 2.37. The topological polar surface area (TPSA) is 15.3 Å². The van der Waals surface area contributed by atoms with Crippen molar-refractivity contribution in [1.29, 1.82) is 0 Å². The molecule has 2 atom stereocenters. The molecule has 0 bridgehead atoms.